The second-order valence-electron chi connectivity index (χ2n) is 5.31. The number of benzene rings is 1. The maximum absolute atomic E-state index is 12.4. The summed E-state index contributed by atoms with van der Waals surface area (Å²) >= 11 is 0. The Morgan fingerprint density at radius 2 is 2.00 bits per heavy atom. The predicted molar refractivity (Wildman–Crippen MR) is 78.7 cm³/mol. The van der Waals surface area contributed by atoms with Gasteiger partial charge in [-0.1, -0.05) is 30.3 Å². The number of hydrogen-bond donors (Lipinski definition) is 0. The van der Waals surface area contributed by atoms with Gasteiger partial charge in [0.15, 0.2) is 0 Å². The largest absolute Gasteiger partial charge is 0.337 e. The summed E-state index contributed by atoms with van der Waals surface area (Å²) < 4.78 is 0. The molecule has 1 saturated heterocycles. The van der Waals surface area contributed by atoms with Gasteiger partial charge < -0.3 is 4.90 Å². The third-order valence-electron chi connectivity index (χ3n) is 3.99. The van der Waals surface area contributed by atoms with Crippen molar-refractivity contribution in [3.63, 3.8) is 0 Å². The molecule has 2 aromatic rings. The molecule has 1 aliphatic heterocycles. The van der Waals surface area contributed by atoms with Crippen LogP contribution in [-0.4, -0.2) is 28.9 Å². The summed E-state index contributed by atoms with van der Waals surface area (Å²) in [4.78, 5) is 18.4. The molecule has 3 heteroatoms. The summed E-state index contributed by atoms with van der Waals surface area (Å²) in [5.41, 5.74) is 3.21. The van der Waals surface area contributed by atoms with Crippen molar-refractivity contribution in [2.75, 3.05) is 13.1 Å². The Morgan fingerprint density at radius 1 is 1.20 bits per heavy atom. The van der Waals surface area contributed by atoms with Gasteiger partial charge in [0, 0.05) is 25.2 Å². The molecule has 1 aromatic carbocycles. The van der Waals surface area contributed by atoms with Crippen molar-refractivity contribution in [3.05, 3.63) is 65.5 Å². The molecular formula is C17H18N2O. The third-order valence-corrected chi connectivity index (χ3v) is 3.99. The second-order valence-corrected chi connectivity index (χ2v) is 5.31. The number of amides is 1. The molecule has 3 rings (SSSR count). The zero-order valence-corrected chi connectivity index (χ0v) is 11.6. The molecular weight excluding hydrogens is 248 g/mol. The first kappa shape index (κ1) is 12.9. The van der Waals surface area contributed by atoms with E-state index >= 15 is 0 Å². The first-order valence-electron chi connectivity index (χ1n) is 7.01. The van der Waals surface area contributed by atoms with Gasteiger partial charge in [0.25, 0.3) is 5.91 Å². The van der Waals surface area contributed by atoms with E-state index in [2.05, 4.69) is 36.2 Å². The molecule has 0 aliphatic carbocycles. The molecule has 1 aromatic heterocycles. The average Bonchev–Trinajstić information content (AvgIpc) is 2.97. The molecule has 1 unspecified atom stereocenters. The van der Waals surface area contributed by atoms with Crippen molar-refractivity contribution in [2.24, 2.45) is 0 Å². The fraction of sp³-hybridized carbons (Fsp3) is 0.294. The topological polar surface area (TPSA) is 33.2 Å². The van der Waals surface area contributed by atoms with Crippen molar-refractivity contribution >= 4 is 5.91 Å². The number of hydrogen-bond acceptors (Lipinski definition) is 2. The third kappa shape index (κ3) is 2.44. The van der Waals surface area contributed by atoms with E-state index in [4.69, 9.17) is 0 Å². The van der Waals surface area contributed by atoms with E-state index in [0.717, 1.165) is 19.5 Å². The maximum Gasteiger partial charge on any atom is 0.272 e. The molecule has 0 saturated carbocycles. The smallest absolute Gasteiger partial charge is 0.272 e. The molecule has 0 radical (unpaired) electrons. The molecule has 0 bridgehead atoms. The Labute approximate surface area is 119 Å². The van der Waals surface area contributed by atoms with Gasteiger partial charge >= 0.3 is 0 Å². The highest BCUT2D eigenvalue weighted by Gasteiger charge is 2.28. The molecule has 0 spiro atoms. The number of aryl methyl sites for hydroxylation is 1. The van der Waals surface area contributed by atoms with Gasteiger partial charge in [0.05, 0.1) is 0 Å². The van der Waals surface area contributed by atoms with Crippen LogP contribution in [0.5, 0.6) is 0 Å². The normalized spacial score (nSPS) is 18.2. The minimum Gasteiger partial charge on any atom is -0.337 e. The SMILES string of the molecule is Cc1ccccc1C1CCN(C(=O)c2ccccn2)C1. The first-order chi connectivity index (χ1) is 9.75. The number of nitrogens with zero attached hydrogens (tertiary/aromatic N) is 2. The molecule has 3 nitrogen and oxygen atoms in total. The summed E-state index contributed by atoms with van der Waals surface area (Å²) in [5.74, 6) is 0.491. The Morgan fingerprint density at radius 3 is 2.75 bits per heavy atom. The summed E-state index contributed by atoms with van der Waals surface area (Å²) in [6, 6.07) is 13.9. The standard InChI is InChI=1S/C17H18N2O/c1-13-6-2-3-7-15(13)14-9-11-19(12-14)17(20)16-8-4-5-10-18-16/h2-8,10,14H,9,11-12H2,1H3. The highest BCUT2D eigenvalue weighted by atomic mass is 16.2. The molecule has 1 atom stereocenters. The minimum atomic E-state index is 0.0432. The van der Waals surface area contributed by atoms with Crippen LogP contribution in [0.1, 0.15) is 34.0 Å². The van der Waals surface area contributed by atoms with E-state index in [1.807, 2.05) is 17.0 Å². The lowest BCUT2D eigenvalue weighted by molar-refractivity contribution is 0.0785. The van der Waals surface area contributed by atoms with Crippen molar-refractivity contribution in [1.29, 1.82) is 0 Å². The number of likely N-dealkylation sites (tertiary alicyclic amines) is 1. The highest BCUT2D eigenvalue weighted by molar-refractivity contribution is 5.92. The van der Waals surface area contributed by atoms with Crippen LogP contribution in [-0.2, 0) is 0 Å². The summed E-state index contributed by atoms with van der Waals surface area (Å²) in [7, 11) is 0. The minimum absolute atomic E-state index is 0.0432. The molecule has 102 valence electrons. The summed E-state index contributed by atoms with van der Waals surface area (Å²) in [6.45, 7) is 3.74. The van der Waals surface area contributed by atoms with Crippen molar-refractivity contribution in [1.82, 2.24) is 9.88 Å². The lowest BCUT2D eigenvalue weighted by atomic mass is 9.94. The van der Waals surface area contributed by atoms with E-state index in [-0.39, 0.29) is 5.91 Å². The number of rotatable bonds is 2. The highest BCUT2D eigenvalue weighted by Crippen LogP contribution is 2.29. The van der Waals surface area contributed by atoms with Gasteiger partial charge in [-0.25, -0.2) is 0 Å². The molecule has 0 N–H and O–H groups in total. The van der Waals surface area contributed by atoms with Crippen LogP contribution in [0.3, 0.4) is 0 Å². The average molecular weight is 266 g/mol. The van der Waals surface area contributed by atoms with Crippen LogP contribution in [0.4, 0.5) is 0 Å². The summed E-state index contributed by atoms with van der Waals surface area (Å²) in [6.07, 6.45) is 2.70. The van der Waals surface area contributed by atoms with Crippen molar-refractivity contribution in [2.45, 2.75) is 19.3 Å². The van der Waals surface area contributed by atoms with Crippen LogP contribution in [0.25, 0.3) is 0 Å². The van der Waals surface area contributed by atoms with Gasteiger partial charge in [-0.15, -0.1) is 0 Å². The number of aromatic nitrogens is 1. The maximum atomic E-state index is 12.4. The van der Waals surface area contributed by atoms with E-state index in [1.54, 1.807) is 12.3 Å². The zero-order chi connectivity index (χ0) is 13.9. The van der Waals surface area contributed by atoms with Gasteiger partial charge in [-0.3, -0.25) is 9.78 Å². The first-order valence-corrected chi connectivity index (χ1v) is 7.01. The Hall–Kier alpha value is -2.16. The Kier molecular flexibility index (Phi) is 3.50. The predicted octanol–water partition coefficient (Wildman–Crippen LogP) is 3.02. The molecule has 1 amide bonds. The number of pyridine rings is 1. The lowest BCUT2D eigenvalue weighted by Crippen LogP contribution is -2.29. The van der Waals surface area contributed by atoms with Crippen LogP contribution < -0.4 is 0 Å². The molecule has 1 fully saturated rings. The zero-order valence-electron chi connectivity index (χ0n) is 11.6. The Balaban J connectivity index is 1.74. The van der Waals surface area contributed by atoms with E-state index in [0.29, 0.717) is 11.6 Å². The van der Waals surface area contributed by atoms with Crippen LogP contribution >= 0.6 is 0 Å². The fourth-order valence-corrected chi connectivity index (χ4v) is 2.89. The van der Waals surface area contributed by atoms with E-state index < -0.39 is 0 Å². The fourth-order valence-electron chi connectivity index (χ4n) is 2.89. The van der Waals surface area contributed by atoms with Crippen molar-refractivity contribution in [3.8, 4) is 0 Å². The van der Waals surface area contributed by atoms with Gasteiger partial charge in [0.1, 0.15) is 5.69 Å². The van der Waals surface area contributed by atoms with Crippen molar-refractivity contribution < 1.29 is 4.79 Å². The second kappa shape index (κ2) is 5.45. The molecule has 1 aliphatic rings. The number of carbonyl (C=O) groups excluding carboxylic acids is 1. The van der Waals surface area contributed by atoms with E-state index in [1.165, 1.54) is 11.1 Å². The van der Waals surface area contributed by atoms with Crippen LogP contribution in [0.15, 0.2) is 48.7 Å². The van der Waals surface area contributed by atoms with Gasteiger partial charge in [-0.2, -0.15) is 0 Å². The molecule has 20 heavy (non-hydrogen) atoms. The quantitative estimate of drug-likeness (QED) is 0.837. The molecule has 2 heterocycles. The van der Waals surface area contributed by atoms with Crippen LogP contribution in [0.2, 0.25) is 0 Å². The summed E-state index contributed by atoms with van der Waals surface area (Å²) in [5, 5.41) is 0. The number of carbonyl (C=O) groups is 1. The monoisotopic (exact) mass is 266 g/mol. The van der Waals surface area contributed by atoms with Crippen LogP contribution in [0, 0.1) is 6.92 Å². The van der Waals surface area contributed by atoms with E-state index in [9.17, 15) is 4.79 Å². The van der Waals surface area contributed by atoms with Gasteiger partial charge in [0.2, 0.25) is 0 Å². The Bertz CT molecular complexity index is 609. The lowest BCUT2D eigenvalue weighted by Gasteiger charge is -2.17. The van der Waals surface area contributed by atoms with Gasteiger partial charge in [-0.05, 0) is 36.6 Å².